The van der Waals surface area contributed by atoms with Gasteiger partial charge in [0.2, 0.25) is 0 Å². The third-order valence-corrected chi connectivity index (χ3v) is 4.86. The van der Waals surface area contributed by atoms with E-state index in [1.54, 1.807) is 19.1 Å². The fourth-order valence-corrected chi connectivity index (χ4v) is 2.97. The van der Waals surface area contributed by atoms with Crippen molar-refractivity contribution in [1.82, 2.24) is 9.97 Å². The first kappa shape index (κ1) is 27.2. The number of benzene rings is 1. The van der Waals surface area contributed by atoms with Crippen molar-refractivity contribution in [3.05, 3.63) is 76.9 Å². The predicted octanol–water partition coefficient (Wildman–Crippen LogP) is 7.36. The summed E-state index contributed by atoms with van der Waals surface area (Å²) in [6, 6.07) is 5.35. The van der Waals surface area contributed by atoms with Crippen molar-refractivity contribution in [3.8, 4) is 0 Å². The number of hydrogen-bond donors (Lipinski definition) is 2. The minimum Gasteiger partial charge on any atom is -0.457 e. The van der Waals surface area contributed by atoms with Gasteiger partial charge in [0.05, 0.1) is 22.6 Å². The second-order valence-electron chi connectivity index (χ2n) is 7.24. The zero-order valence-corrected chi connectivity index (χ0v) is 20.6. The SMILES string of the molecule is CCCC(OC(=O)CC)c1ccc(Cl)c(N)c1.C\C=C/C(=C\C=C\CC)c1cnc(C)[nH]1. The lowest BCUT2D eigenvalue weighted by Crippen LogP contribution is -2.10. The maximum Gasteiger partial charge on any atom is 0.306 e. The van der Waals surface area contributed by atoms with E-state index >= 15 is 0 Å². The lowest BCUT2D eigenvalue weighted by atomic mass is 10.0. The molecule has 174 valence electrons. The molecule has 1 aromatic carbocycles. The molecule has 0 radical (unpaired) electrons. The molecule has 32 heavy (non-hydrogen) atoms. The Balaban J connectivity index is 0.000000323. The molecule has 0 spiro atoms. The van der Waals surface area contributed by atoms with Crippen LogP contribution in [0.25, 0.3) is 5.57 Å². The van der Waals surface area contributed by atoms with Gasteiger partial charge in [0, 0.05) is 6.42 Å². The lowest BCUT2D eigenvalue weighted by molar-refractivity contribution is -0.149. The zero-order valence-electron chi connectivity index (χ0n) is 19.8. The maximum atomic E-state index is 11.3. The molecule has 3 N–H and O–H groups in total. The van der Waals surface area contributed by atoms with Crippen LogP contribution in [-0.2, 0) is 9.53 Å². The number of imidazole rings is 1. The highest BCUT2D eigenvalue weighted by atomic mass is 35.5. The van der Waals surface area contributed by atoms with Crippen LogP contribution in [0.5, 0.6) is 0 Å². The van der Waals surface area contributed by atoms with E-state index in [0.29, 0.717) is 17.1 Å². The number of nitrogens with two attached hydrogens (primary N) is 1. The van der Waals surface area contributed by atoms with Crippen LogP contribution in [-0.4, -0.2) is 15.9 Å². The second kappa shape index (κ2) is 15.1. The molecule has 0 aliphatic rings. The molecule has 0 saturated heterocycles. The van der Waals surface area contributed by atoms with Crippen LogP contribution in [0, 0.1) is 6.92 Å². The minimum atomic E-state index is -0.230. The molecule has 1 unspecified atom stereocenters. The van der Waals surface area contributed by atoms with Gasteiger partial charge in [0.25, 0.3) is 0 Å². The summed E-state index contributed by atoms with van der Waals surface area (Å²) in [6.45, 7) is 9.92. The van der Waals surface area contributed by atoms with E-state index in [1.807, 2.05) is 39.1 Å². The van der Waals surface area contributed by atoms with Gasteiger partial charge < -0.3 is 15.5 Å². The third kappa shape index (κ3) is 9.56. The Labute approximate surface area is 197 Å². The number of halogens is 1. The number of H-pyrrole nitrogens is 1. The molecule has 0 bridgehead atoms. The number of nitrogens with one attached hydrogen (secondary N) is 1. The fraction of sp³-hybridized carbons (Fsp3) is 0.385. The fourth-order valence-electron chi connectivity index (χ4n) is 2.85. The van der Waals surface area contributed by atoms with Gasteiger partial charge in [-0.1, -0.05) is 75.2 Å². The zero-order chi connectivity index (χ0) is 23.9. The van der Waals surface area contributed by atoms with E-state index < -0.39 is 0 Å². The van der Waals surface area contributed by atoms with Crippen molar-refractivity contribution < 1.29 is 9.53 Å². The van der Waals surface area contributed by atoms with E-state index in [9.17, 15) is 4.79 Å². The summed E-state index contributed by atoms with van der Waals surface area (Å²) >= 11 is 5.86. The molecular weight excluding hydrogens is 422 g/mol. The summed E-state index contributed by atoms with van der Waals surface area (Å²) in [5, 5.41) is 0.519. The topological polar surface area (TPSA) is 81.0 Å². The van der Waals surface area contributed by atoms with Gasteiger partial charge in [-0.05, 0) is 50.0 Å². The van der Waals surface area contributed by atoms with E-state index in [-0.39, 0.29) is 12.1 Å². The number of carbonyl (C=O) groups is 1. The Hall–Kier alpha value is -2.79. The van der Waals surface area contributed by atoms with Gasteiger partial charge in [0.1, 0.15) is 11.9 Å². The van der Waals surface area contributed by atoms with E-state index in [4.69, 9.17) is 22.1 Å². The van der Waals surface area contributed by atoms with Crippen molar-refractivity contribution in [3.63, 3.8) is 0 Å². The van der Waals surface area contributed by atoms with Crippen LogP contribution < -0.4 is 5.73 Å². The van der Waals surface area contributed by atoms with Crippen LogP contribution in [0.3, 0.4) is 0 Å². The average molecular weight is 458 g/mol. The molecule has 1 atom stereocenters. The Morgan fingerprint density at radius 1 is 1.31 bits per heavy atom. The molecule has 0 saturated carbocycles. The molecule has 1 heterocycles. The number of allylic oxidation sites excluding steroid dienone is 6. The Morgan fingerprint density at radius 2 is 2.06 bits per heavy atom. The number of anilines is 1. The van der Waals surface area contributed by atoms with Gasteiger partial charge in [-0.15, -0.1) is 0 Å². The maximum absolute atomic E-state index is 11.3. The summed E-state index contributed by atoms with van der Waals surface area (Å²) in [6.07, 6.45) is 15.2. The van der Waals surface area contributed by atoms with Crippen molar-refractivity contribution in [1.29, 1.82) is 0 Å². The standard InChI is InChI=1S/C13H18ClNO2.C13H18N2/c1-3-5-12(17-13(16)4-2)9-6-7-10(14)11(15)8-9;1-4-6-7-9-12(8-5-2)13-10-14-11(3)15-13/h6-8,12H,3-5,15H2,1-2H3;5-10H,4H2,1-3H3,(H,14,15)/b;7-6+,8-5-,12-9+. The van der Waals surface area contributed by atoms with Crippen molar-refractivity contribution in [2.45, 2.75) is 66.4 Å². The Morgan fingerprint density at radius 3 is 2.59 bits per heavy atom. The molecule has 2 rings (SSSR count). The van der Waals surface area contributed by atoms with Gasteiger partial charge in [-0.25, -0.2) is 4.98 Å². The summed E-state index contributed by atoms with van der Waals surface area (Å²) < 4.78 is 5.38. The first-order chi connectivity index (χ1) is 15.4. The normalized spacial score (nSPS) is 12.6. The number of aromatic nitrogens is 2. The van der Waals surface area contributed by atoms with Crippen molar-refractivity contribution in [2.75, 3.05) is 5.73 Å². The van der Waals surface area contributed by atoms with Crippen molar-refractivity contribution >= 4 is 28.8 Å². The highest BCUT2D eigenvalue weighted by Crippen LogP contribution is 2.28. The highest BCUT2D eigenvalue weighted by molar-refractivity contribution is 6.33. The first-order valence-electron chi connectivity index (χ1n) is 11.1. The number of rotatable bonds is 9. The molecular formula is C26H36ClN3O2. The molecule has 5 nitrogen and oxygen atoms in total. The van der Waals surface area contributed by atoms with Crippen LogP contribution in [0.4, 0.5) is 5.69 Å². The van der Waals surface area contributed by atoms with E-state index in [2.05, 4.69) is 41.2 Å². The highest BCUT2D eigenvalue weighted by Gasteiger charge is 2.15. The first-order valence-corrected chi connectivity index (χ1v) is 11.5. The predicted molar refractivity (Wildman–Crippen MR) is 135 cm³/mol. The number of aromatic amines is 1. The van der Waals surface area contributed by atoms with Gasteiger partial charge >= 0.3 is 5.97 Å². The number of nitrogen functional groups attached to an aromatic ring is 1. The third-order valence-electron chi connectivity index (χ3n) is 4.51. The molecule has 0 amide bonds. The van der Waals surface area contributed by atoms with E-state index in [0.717, 1.165) is 41.9 Å². The minimum absolute atomic E-state index is 0.197. The van der Waals surface area contributed by atoms with Crippen LogP contribution in [0.15, 0.2) is 54.8 Å². The van der Waals surface area contributed by atoms with Gasteiger partial charge in [0.15, 0.2) is 0 Å². The summed E-state index contributed by atoms with van der Waals surface area (Å²) in [5.74, 6) is 0.747. The van der Waals surface area contributed by atoms with Crippen LogP contribution >= 0.6 is 11.6 Å². The summed E-state index contributed by atoms with van der Waals surface area (Å²) in [4.78, 5) is 18.8. The largest absolute Gasteiger partial charge is 0.457 e. The second-order valence-corrected chi connectivity index (χ2v) is 7.65. The van der Waals surface area contributed by atoms with Gasteiger partial charge in [-0.3, -0.25) is 4.79 Å². The smallest absolute Gasteiger partial charge is 0.306 e. The molecule has 0 aliphatic heterocycles. The Bertz CT molecular complexity index is 929. The quantitative estimate of drug-likeness (QED) is 0.234. The monoisotopic (exact) mass is 457 g/mol. The molecule has 0 fully saturated rings. The number of ether oxygens (including phenoxy) is 1. The molecule has 1 aromatic heterocycles. The Kier molecular flexibility index (Phi) is 12.8. The molecule has 2 aromatic rings. The number of carbonyl (C=O) groups excluding carboxylic acids is 1. The number of aryl methyl sites for hydroxylation is 1. The number of esters is 1. The van der Waals surface area contributed by atoms with Gasteiger partial charge in [-0.2, -0.15) is 0 Å². The molecule has 0 aliphatic carbocycles. The van der Waals surface area contributed by atoms with Crippen molar-refractivity contribution in [2.24, 2.45) is 0 Å². The van der Waals surface area contributed by atoms with Crippen LogP contribution in [0.1, 0.15) is 76.6 Å². The van der Waals surface area contributed by atoms with Crippen LogP contribution in [0.2, 0.25) is 5.02 Å². The number of hydrogen-bond acceptors (Lipinski definition) is 4. The summed E-state index contributed by atoms with van der Waals surface area (Å²) in [7, 11) is 0. The number of nitrogens with zero attached hydrogens (tertiary/aromatic N) is 1. The molecule has 6 heteroatoms. The summed E-state index contributed by atoms with van der Waals surface area (Å²) in [5.41, 5.74) is 9.37. The van der Waals surface area contributed by atoms with E-state index in [1.165, 1.54) is 0 Å². The lowest BCUT2D eigenvalue weighted by Gasteiger charge is -2.18. The average Bonchev–Trinajstić information content (AvgIpc) is 3.21.